The van der Waals surface area contributed by atoms with E-state index in [0.717, 1.165) is 11.1 Å². The van der Waals surface area contributed by atoms with Crippen molar-refractivity contribution in [3.8, 4) is 0 Å². The number of benzene rings is 1. The van der Waals surface area contributed by atoms with Gasteiger partial charge in [-0.2, -0.15) is 0 Å². The molecule has 5 rings (SSSR count). The number of ether oxygens (including phenoxy) is 1. The highest BCUT2D eigenvalue weighted by Crippen LogP contribution is 2.36. The number of aromatic nitrogens is 3. The van der Waals surface area contributed by atoms with Crippen molar-refractivity contribution < 1.29 is 18.7 Å². The number of nitrogens with two attached hydrogens (primary N) is 1. The molecular weight excluding hydrogens is 501 g/mol. The standard InChI is InChI=1S/C28H32FN7O3/c1-18-13-19(2)23(34-25(37)20-15-32-27(33-16-20)36-9-11-39-12-10-36)14-22(18)26(38)35-7-5-28(29,6-8-35)24-4-3-21(30)17-31-24/h3-4,13-17H,5-12,30H2,1-2H3,(H,34,37). The van der Waals surface area contributed by atoms with Gasteiger partial charge in [0.05, 0.1) is 36.4 Å². The van der Waals surface area contributed by atoms with Crippen LogP contribution in [0.15, 0.2) is 42.9 Å². The molecule has 0 saturated carbocycles. The molecule has 3 N–H and O–H groups in total. The maximum Gasteiger partial charge on any atom is 0.258 e. The number of aryl methyl sites for hydroxylation is 2. The molecule has 0 radical (unpaired) electrons. The van der Waals surface area contributed by atoms with Crippen molar-refractivity contribution in [3.63, 3.8) is 0 Å². The average Bonchev–Trinajstić information content (AvgIpc) is 2.95. The lowest BCUT2D eigenvalue weighted by Crippen LogP contribution is -2.43. The van der Waals surface area contributed by atoms with Crippen molar-refractivity contribution in [2.75, 3.05) is 55.3 Å². The Labute approximate surface area is 226 Å². The Hall–Kier alpha value is -4.12. The van der Waals surface area contributed by atoms with Crippen LogP contribution in [0.3, 0.4) is 0 Å². The van der Waals surface area contributed by atoms with Gasteiger partial charge in [0.1, 0.15) is 0 Å². The SMILES string of the molecule is Cc1cc(C)c(C(=O)N2CCC(F)(c3ccc(N)cn3)CC2)cc1NC(=O)c1cnc(N2CCOCC2)nc1. The molecule has 2 aromatic heterocycles. The van der Waals surface area contributed by atoms with E-state index in [0.29, 0.717) is 60.4 Å². The van der Waals surface area contributed by atoms with Gasteiger partial charge in [-0.3, -0.25) is 14.6 Å². The second-order valence-electron chi connectivity index (χ2n) is 10.0. The van der Waals surface area contributed by atoms with E-state index in [4.69, 9.17) is 10.5 Å². The predicted molar refractivity (Wildman–Crippen MR) is 146 cm³/mol. The second kappa shape index (κ2) is 10.9. The monoisotopic (exact) mass is 533 g/mol. The zero-order chi connectivity index (χ0) is 27.6. The van der Waals surface area contributed by atoms with Gasteiger partial charge in [-0.15, -0.1) is 0 Å². The van der Waals surface area contributed by atoms with Crippen molar-refractivity contribution in [1.82, 2.24) is 19.9 Å². The maximum absolute atomic E-state index is 15.6. The van der Waals surface area contributed by atoms with Crippen LogP contribution >= 0.6 is 0 Å². The minimum Gasteiger partial charge on any atom is -0.397 e. The molecule has 0 bridgehead atoms. The van der Waals surface area contributed by atoms with E-state index in [1.165, 1.54) is 18.6 Å². The van der Waals surface area contributed by atoms with Crippen LogP contribution in [-0.2, 0) is 10.4 Å². The maximum atomic E-state index is 15.6. The van der Waals surface area contributed by atoms with E-state index in [1.807, 2.05) is 24.8 Å². The summed E-state index contributed by atoms with van der Waals surface area (Å²) in [6, 6.07) is 6.79. The van der Waals surface area contributed by atoms with Gasteiger partial charge in [0, 0.05) is 62.7 Å². The van der Waals surface area contributed by atoms with Gasteiger partial charge in [-0.1, -0.05) is 6.07 Å². The molecule has 2 amide bonds. The van der Waals surface area contributed by atoms with Crippen LogP contribution in [0.2, 0.25) is 0 Å². The summed E-state index contributed by atoms with van der Waals surface area (Å²) in [6.45, 7) is 6.86. The second-order valence-corrected chi connectivity index (χ2v) is 10.0. The number of rotatable bonds is 5. The molecule has 11 heteroatoms. The normalized spacial score (nSPS) is 17.1. The molecule has 39 heavy (non-hydrogen) atoms. The summed E-state index contributed by atoms with van der Waals surface area (Å²) in [5.74, 6) is -0.0150. The molecule has 2 aliphatic heterocycles. The summed E-state index contributed by atoms with van der Waals surface area (Å²) in [7, 11) is 0. The first-order valence-corrected chi connectivity index (χ1v) is 13.0. The number of carbonyl (C=O) groups excluding carboxylic acids is 2. The van der Waals surface area contributed by atoms with Crippen LogP contribution in [0, 0.1) is 13.8 Å². The Morgan fingerprint density at radius 3 is 2.31 bits per heavy atom. The third-order valence-electron chi connectivity index (χ3n) is 7.33. The Balaban J connectivity index is 1.26. The van der Waals surface area contributed by atoms with E-state index in [9.17, 15) is 9.59 Å². The molecule has 2 fully saturated rings. The van der Waals surface area contributed by atoms with Gasteiger partial charge in [-0.25, -0.2) is 14.4 Å². The Bertz CT molecular complexity index is 1350. The Kier molecular flexibility index (Phi) is 7.42. The number of pyridine rings is 1. The van der Waals surface area contributed by atoms with Gasteiger partial charge in [0.25, 0.3) is 11.8 Å². The van der Waals surface area contributed by atoms with Crippen LogP contribution < -0.4 is 16.0 Å². The Morgan fingerprint density at radius 1 is 0.974 bits per heavy atom. The molecule has 0 unspecified atom stereocenters. The highest BCUT2D eigenvalue weighted by atomic mass is 19.1. The molecule has 204 valence electrons. The lowest BCUT2D eigenvalue weighted by Gasteiger charge is -2.36. The molecule has 2 saturated heterocycles. The first-order chi connectivity index (χ1) is 18.7. The number of hydrogen-bond acceptors (Lipinski definition) is 8. The minimum atomic E-state index is -1.61. The fraction of sp³-hybridized carbons (Fsp3) is 0.393. The van der Waals surface area contributed by atoms with E-state index in [2.05, 4.69) is 20.3 Å². The quantitative estimate of drug-likeness (QED) is 0.512. The molecule has 4 heterocycles. The van der Waals surface area contributed by atoms with Crippen LogP contribution in [0.1, 0.15) is 50.4 Å². The van der Waals surface area contributed by atoms with E-state index < -0.39 is 5.67 Å². The van der Waals surface area contributed by atoms with E-state index >= 15 is 4.39 Å². The van der Waals surface area contributed by atoms with Crippen molar-refractivity contribution in [2.24, 2.45) is 0 Å². The van der Waals surface area contributed by atoms with Crippen molar-refractivity contribution >= 4 is 29.1 Å². The highest BCUT2D eigenvalue weighted by molar-refractivity contribution is 6.05. The fourth-order valence-corrected chi connectivity index (χ4v) is 4.94. The fourth-order valence-electron chi connectivity index (χ4n) is 4.94. The third-order valence-corrected chi connectivity index (χ3v) is 7.33. The highest BCUT2D eigenvalue weighted by Gasteiger charge is 2.39. The van der Waals surface area contributed by atoms with Gasteiger partial charge >= 0.3 is 0 Å². The summed E-state index contributed by atoms with van der Waals surface area (Å²) >= 11 is 0. The largest absolute Gasteiger partial charge is 0.397 e. The summed E-state index contributed by atoms with van der Waals surface area (Å²) in [5.41, 5.74) is 7.79. The summed E-state index contributed by atoms with van der Waals surface area (Å²) in [5, 5.41) is 2.89. The molecule has 3 aromatic rings. The summed E-state index contributed by atoms with van der Waals surface area (Å²) in [6.07, 6.45) is 4.73. The van der Waals surface area contributed by atoms with Crippen molar-refractivity contribution in [2.45, 2.75) is 32.4 Å². The molecule has 1 aromatic carbocycles. The van der Waals surface area contributed by atoms with Crippen molar-refractivity contribution in [1.29, 1.82) is 0 Å². The summed E-state index contributed by atoms with van der Waals surface area (Å²) in [4.78, 5) is 42.9. The molecule has 2 aliphatic rings. The van der Waals surface area contributed by atoms with Crippen LogP contribution in [0.4, 0.5) is 21.7 Å². The van der Waals surface area contributed by atoms with Crippen molar-refractivity contribution in [3.05, 3.63) is 70.8 Å². The number of nitrogens with zero attached hydrogens (tertiary/aromatic N) is 5. The first-order valence-electron chi connectivity index (χ1n) is 13.0. The molecule has 0 spiro atoms. The average molecular weight is 534 g/mol. The molecule has 0 atom stereocenters. The van der Waals surface area contributed by atoms with Gasteiger partial charge in [0.2, 0.25) is 5.95 Å². The third kappa shape index (κ3) is 5.68. The number of halogens is 1. The number of nitrogens with one attached hydrogen (secondary N) is 1. The lowest BCUT2D eigenvalue weighted by atomic mass is 9.89. The number of morpholine rings is 1. The minimum absolute atomic E-state index is 0.143. The number of amides is 2. The molecular formula is C28H32FN7O3. The predicted octanol–water partition coefficient (Wildman–Crippen LogP) is 3.26. The van der Waals surface area contributed by atoms with Gasteiger partial charge in [-0.05, 0) is 43.2 Å². The Morgan fingerprint density at radius 2 is 1.67 bits per heavy atom. The number of hydrogen-bond donors (Lipinski definition) is 2. The zero-order valence-corrected chi connectivity index (χ0v) is 22.1. The number of piperidine rings is 1. The topological polar surface area (TPSA) is 127 Å². The number of carbonyl (C=O) groups is 2. The molecule has 0 aliphatic carbocycles. The lowest BCUT2D eigenvalue weighted by molar-refractivity contribution is 0.0402. The van der Waals surface area contributed by atoms with Gasteiger partial charge in [0.15, 0.2) is 5.67 Å². The number of likely N-dealkylation sites (tertiary alicyclic amines) is 1. The van der Waals surface area contributed by atoms with Gasteiger partial charge < -0.3 is 25.6 Å². The number of nitrogen functional groups attached to an aromatic ring is 1. The number of alkyl halides is 1. The zero-order valence-electron chi connectivity index (χ0n) is 22.1. The number of anilines is 3. The van der Waals surface area contributed by atoms with Crippen LogP contribution in [0.25, 0.3) is 0 Å². The smallest absolute Gasteiger partial charge is 0.258 e. The first kappa shape index (κ1) is 26.5. The summed E-state index contributed by atoms with van der Waals surface area (Å²) < 4.78 is 21.0. The van der Waals surface area contributed by atoms with Crippen LogP contribution in [-0.4, -0.2) is 71.1 Å². The molecule has 10 nitrogen and oxygen atoms in total. The van der Waals surface area contributed by atoms with Crippen LogP contribution in [0.5, 0.6) is 0 Å². The van der Waals surface area contributed by atoms with E-state index in [-0.39, 0.29) is 37.7 Å². The van der Waals surface area contributed by atoms with E-state index in [1.54, 1.807) is 23.1 Å².